The molecular weight excluding hydrogens is 403 g/mol. The van der Waals surface area contributed by atoms with Crippen molar-refractivity contribution in [3.63, 3.8) is 0 Å². The van der Waals surface area contributed by atoms with Gasteiger partial charge in [0, 0.05) is 5.02 Å². The highest BCUT2D eigenvalue weighted by molar-refractivity contribution is 6.46. The number of benzene rings is 2. The number of carbonyl (C=O) groups excluding carboxylic acids is 2. The highest BCUT2D eigenvalue weighted by Gasteiger charge is 2.20. The van der Waals surface area contributed by atoms with Crippen molar-refractivity contribution in [1.29, 1.82) is 0 Å². The van der Waals surface area contributed by atoms with Crippen molar-refractivity contribution in [1.82, 2.24) is 0 Å². The lowest BCUT2D eigenvalue weighted by Crippen LogP contribution is -2.21. The average Bonchev–Trinajstić information content (AvgIpc) is 2.52. The predicted octanol–water partition coefficient (Wildman–Crippen LogP) is 5.23. The highest BCUT2D eigenvalue weighted by Crippen LogP contribution is 2.31. The van der Waals surface area contributed by atoms with Gasteiger partial charge in [-0.1, -0.05) is 46.4 Å². The normalized spacial score (nSPS) is 10.4. The Balaban J connectivity index is 2.02. The standard InChI is InChI=1S/C15H8Cl4FNO3/c16-7-1-4-11(10(20)5-7)21-12(22)6-24-15(23)13-8(17)2-3-9(18)14(13)19/h1-5H,6H2,(H,21,22). The van der Waals surface area contributed by atoms with Crippen molar-refractivity contribution in [2.24, 2.45) is 0 Å². The van der Waals surface area contributed by atoms with Gasteiger partial charge in [0.05, 0.1) is 26.3 Å². The van der Waals surface area contributed by atoms with E-state index in [2.05, 4.69) is 5.32 Å². The maximum absolute atomic E-state index is 13.6. The Labute approximate surface area is 156 Å². The van der Waals surface area contributed by atoms with Gasteiger partial charge in [-0.25, -0.2) is 9.18 Å². The first-order chi connectivity index (χ1) is 11.3. The van der Waals surface area contributed by atoms with Gasteiger partial charge < -0.3 is 10.1 Å². The molecule has 0 bridgehead atoms. The largest absolute Gasteiger partial charge is 0.452 e. The first kappa shape index (κ1) is 18.8. The SMILES string of the molecule is O=C(COC(=O)c1c(Cl)ccc(Cl)c1Cl)Nc1ccc(Cl)cc1F. The van der Waals surface area contributed by atoms with Gasteiger partial charge in [-0.2, -0.15) is 0 Å². The summed E-state index contributed by atoms with van der Waals surface area (Å²) in [6.45, 7) is -0.667. The monoisotopic (exact) mass is 409 g/mol. The van der Waals surface area contributed by atoms with Crippen LogP contribution in [0.2, 0.25) is 20.1 Å². The second-order valence-corrected chi connectivity index (χ2v) is 6.10. The zero-order valence-electron chi connectivity index (χ0n) is 11.7. The lowest BCUT2D eigenvalue weighted by molar-refractivity contribution is -0.119. The smallest absolute Gasteiger partial charge is 0.341 e. The highest BCUT2D eigenvalue weighted by atomic mass is 35.5. The summed E-state index contributed by atoms with van der Waals surface area (Å²) in [5, 5.41) is 2.48. The molecule has 24 heavy (non-hydrogen) atoms. The molecule has 2 rings (SSSR count). The van der Waals surface area contributed by atoms with Crippen LogP contribution in [0.15, 0.2) is 30.3 Å². The minimum atomic E-state index is -0.931. The molecule has 1 amide bonds. The van der Waals surface area contributed by atoms with Crippen LogP contribution in [0.5, 0.6) is 0 Å². The third-order valence-corrected chi connectivity index (χ3v) is 4.14. The van der Waals surface area contributed by atoms with Gasteiger partial charge >= 0.3 is 5.97 Å². The van der Waals surface area contributed by atoms with E-state index in [4.69, 9.17) is 51.1 Å². The maximum Gasteiger partial charge on any atom is 0.341 e. The number of ether oxygens (including phenoxy) is 1. The number of esters is 1. The predicted molar refractivity (Wildman–Crippen MR) is 91.8 cm³/mol. The van der Waals surface area contributed by atoms with Crippen molar-refractivity contribution in [2.45, 2.75) is 0 Å². The third kappa shape index (κ3) is 4.51. The van der Waals surface area contributed by atoms with Crippen molar-refractivity contribution in [3.05, 3.63) is 61.8 Å². The molecule has 2 aromatic rings. The molecule has 0 atom stereocenters. The van der Waals surface area contributed by atoms with Crippen LogP contribution in [-0.2, 0) is 9.53 Å². The van der Waals surface area contributed by atoms with Crippen LogP contribution in [0, 0.1) is 5.82 Å². The fourth-order valence-electron chi connectivity index (χ4n) is 1.69. The molecule has 1 N–H and O–H groups in total. The van der Waals surface area contributed by atoms with E-state index < -0.39 is 24.3 Å². The summed E-state index contributed by atoms with van der Waals surface area (Å²) in [6, 6.07) is 6.50. The number of rotatable bonds is 4. The Hall–Kier alpha value is -1.53. The van der Waals surface area contributed by atoms with Crippen LogP contribution >= 0.6 is 46.4 Å². The molecule has 126 valence electrons. The molecule has 4 nitrogen and oxygen atoms in total. The summed E-state index contributed by atoms with van der Waals surface area (Å²) in [7, 11) is 0. The summed E-state index contributed by atoms with van der Waals surface area (Å²) in [5.41, 5.74) is -0.254. The molecule has 0 spiro atoms. The number of hydrogen-bond acceptors (Lipinski definition) is 3. The molecule has 9 heteroatoms. The molecule has 0 saturated carbocycles. The van der Waals surface area contributed by atoms with Crippen LogP contribution in [0.25, 0.3) is 0 Å². The maximum atomic E-state index is 13.6. The number of hydrogen-bond donors (Lipinski definition) is 1. The first-order valence-corrected chi connectivity index (χ1v) is 7.86. The van der Waals surface area contributed by atoms with Crippen molar-refractivity contribution in [3.8, 4) is 0 Å². The Morgan fingerprint density at radius 3 is 2.38 bits per heavy atom. The van der Waals surface area contributed by atoms with Crippen LogP contribution in [0.4, 0.5) is 10.1 Å². The Kier molecular flexibility index (Phi) is 6.29. The van der Waals surface area contributed by atoms with Gasteiger partial charge in [-0.15, -0.1) is 0 Å². The topological polar surface area (TPSA) is 55.4 Å². The molecule has 0 heterocycles. The minimum Gasteiger partial charge on any atom is -0.452 e. The quantitative estimate of drug-likeness (QED) is 0.554. The lowest BCUT2D eigenvalue weighted by Gasteiger charge is -2.10. The summed E-state index contributed by atoms with van der Waals surface area (Å²) in [6.07, 6.45) is 0. The Bertz CT molecular complexity index is 814. The van der Waals surface area contributed by atoms with E-state index in [1.165, 1.54) is 24.3 Å². The van der Waals surface area contributed by atoms with Crippen LogP contribution in [0.3, 0.4) is 0 Å². The molecule has 0 radical (unpaired) electrons. The Morgan fingerprint density at radius 1 is 1.04 bits per heavy atom. The molecule has 0 aliphatic rings. The van der Waals surface area contributed by atoms with Gasteiger partial charge in [0.25, 0.3) is 5.91 Å². The molecule has 0 aliphatic carbocycles. The van der Waals surface area contributed by atoms with Gasteiger partial charge in [-0.05, 0) is 30.3 Å². The molecule has 0 saturated heterocycles. The van der Waals surface area contributed by atoms with E-state index in [0.717, 1.165) is 6.07 Å². The third-order valence-electron chi connectivity index (χ3n) is 2.79. The number of anilines is 1. The van der Waals surface area contributed by atoms with E-state index in [1.807, 2.05) is 0 Å². The number of nitrogens with one attached hydrogen (secondary N) is 1. The van der Waals surface area contributed by atoms with Crippen LogP contribution < -0.4 is 5.32 Å². The minimum absolute atomic E-state index is 0.0264. The van der Waals surface area contributed by atoms with Gasteiger partial charge in [0.1, 0.15) is 5.82 Å². The average molecular weight is 411 g/mol. The zero-order chi connectivity index (χ0) is 17.9. The number of halogens is 5. The molecule has 2 aromatic carbocycles. The molecule has 0 aliphatic heterocycles. The van der Waals surface area contributed by atoms with Crippen LogP contribution in [-0.4, -0.2) is 18.5 Å². The van der Waals surface area contributed by atoms with Gasteiger partial charge in [-0.3, -0.25) is 4.79 Å². The summed E-state index contributed by atoms with van der Waals surface area (Å²) in [5.74, 6) is -2.40. The second kappa shape index (κ2) is 8.03. The van der Waals surface area contributed by atoms with Crippen molar-refractivity contribution < 1.29 is 18.7 Å². The summed E-state index contributed by atoms with van der Waals surface area (Å²) in [4.78, 5) is 23.7. The van der Waals surface area contributed by atoms with E-state index in [-0.39, 0.29) is 31.3 Å². The second-order valence-electron chi connectivity index (χ2n) is 4.47. The van der Waals surface area contributed by atoms with Gasteiger partial charge in [0.15, 0.2) is 6.61 Å². The fraction of sp³-hybridized carbons (Fsp3) is 0.0667. The van der Waals surface area contributed by atoms with Gasteiger partial charge in [0.2, 0.25) is 0 Å². The molecule has 0 aromatic heterocycles. The lowest BCUT2D eigenvalue weighted by atomic mass is 10.2. The van der Waals surface area contributed by atoms with Crippen molar-refractivity contribution in [2.75, 3.05) is 11.9 Å². The molecule has 0 unspecified atom stereocenters. The van der Waals surface area contributed by atoms with E-state index in [9.17, 15) is 14.0 Å². The van der Waals surface area contributed by atoms with Crippen molar-refractivity contribution >= 4 is 64.0 Å². The number of carbonyl (C=O) groups is 2. The molecular formula is C15H8Cl4FNO3. The first-order valence-electron chi connectivity index (χ1n) is 6.35. The Morgan fingerprint density at radius 2 is 1.71 bits per heavy atom. The zero-order valence-corrected chi connectivity index (χ0v) is 14.7. The summed E-state index contributed by atoms with van der Waals surface area (Å²) < 4.78 is 18.4. The number of amides is 1. The van der Waals surface area contributed by atoms with Crippen LogP contribution in [0.1, 0.15) is 10.4 Å². The molecule has 0 fully saturated rings. The fourth-order valence-corrected chi connectivity index (χ4v) is 2.54. The van der Waals surface area contributed by atoms with E-state index in [1.54, 1.807) is 0 Å². The van der Waals surface area contributed by atoms with E-state index in [0.29, 0.717) is 0 Å². The summed E-state index contributed by atoms with van der Waals surface area (Å²) >= 11 is 23.2. The van der Waals surface area contributed by atoms with E-state index >= 15 is 0 Å².